The molecule has 0 bridgehead atoms. The van der Waals surface area contributed by atoms with Gasteiger partial charge in [-0.25, -0.2) is 0 Å². The first-order chi connectivity index (χ1) is 6.54. The largest absolute Gasteiger partial charge is 0.481 e. The summed E-state index contributed by atoms with van der Waals surface area (Å²) in [5.74, 6) is 0.154. The fraction of sp³-hybridized carbons (Fsp3) is 0.778. The minimum atomic E-state index is -0.861. The minimum Gasteiger partial charge on any atom is -0.481 e. The second-order valence-electron chi connectivity index (χ2n) is 3.75. The highest BCUT2D eigenvalue weighted by molar-refractivity contribution is 7.80. The zero-order valence-corrected chi connectivity index (χ0v) is 9.04. The van der Waals surface area contributed by atoms with E-state index in [-0.39, 0.29) is 24.3 Å². The van der Waals surface area contributed by atoms with Crippen molar-refractivity contribution in [3.63, 3.8) is 0 Å². The highest BCUT2D eigenvalue weighted by atomic mass is 32.1. The van der Waals surface area contributed by atoms with Gasteiger partial charge in [-0.15, -0.1) is 0 Å². The first-order valence-corrected chi connectivity index (χ1v) is 5.30. The third kappa shape index (κ3) is 2.64. The molecule has 0 aromatic heterocycles. The average molecular weight is 217 g/mol. The summed E-state index contributed by atoms with van der Waals surface area (Å²) >= 11 is 4.14. The van der Waals surface area contributed by atoms with Gasteiger partial charge in [-0.3, -0.25) is 9.59 Å². The van der Waals surface area contributed by atoms with Crippen LogP contribution in [0.5, 0.6) is 0 Å². The van der Waals surface area contributed by atoms with Gasteiger partial charge in [-0.2, -0.15) is 12.6 Å². The molecule has 80 valence electrons. The van der Waals surface area contributed by atoms with Crippen molar-refractivity contribution in [2.45, 2.75) is 25.8 Å². The molecule has 2 atom stereocenters. The lowest BCUT2D eigenvalue weighted by molar-refractivity contribution is -0.139. The highest BCUT2D eigenvalue weighted by Crippen LogP contribution is 2.21. The van der Waals surface area contributed by atoms with Crippen molar-refractivity contribution in [1.82, 2.24) is 4.90 Å². The molecule has 0 spiro atoms. The molecule has 1 rings (SSSR count). The lowest BCUT2D eigenvalue weighted by Gasteiger charge is -2.23. The summed E-state index contributed by atoms with van der Waals surface area (Å²) in [4.78, 5) is 23.6. The number of rotatable bonds is 4. The summed E-state index contributed by atoms with van der Waals surface area (Å²) in [6, 6.07) is -0.204. The molecular formula is C9H15NO3S. The standard InChI is InChI=1S/C9H15NO3S/c1-6(2-9(12)13)10-4-7(5-14)3-8(10)11/h6-7,14H,2-5H2,1H3,(H,12,13). The van der Waals surface area contributed by atoms with Gasteiger partial charge in [0.2, 0.25) is 5.91 Å². The van der Waals surface area contributed by atoms with Crippen LogP contribution in [0.1, 0.15) is 19.8 Å². The predicted octanol–water partition coefficient (Wildman–Crippen LogP) is 0.628. The average Bonchev–Trinajstić information content (AvgIpc) is 2.45. The fourth-order valence-electron chi connectivity index (χ4n) is 1.72. The lowest BCUT2D eigenvalue weighted by atomic mass is 10.1. The Kier molecular flexibility index (Phi) is 3.80. The van der Waals surface area contributed by atoms with E-state index in [0.717, 1.165) is 0 Å². The number of carboxylic acids is 1. The SMILES string of the molecule is CC(CC(=O)O)N1CC(CS)CC1=O. The topological polar surface area (TPSA) is 57.6 Å². The van der Waals surface area contributed by atoms with E-state index < -0.39 is 5.97 Å². The third-order valence-electron chi connectivity index (χ3n) is 2.50. The van der Waals surface area contributed by atoms with Crippen LogP contribution in [0.3, 0.4) is 0 Å². The quantitative estimate of drug-likeness (QED) is 0.679. The molecular weight excluding hydrogens is 202 g/mol. The van der Waals surface area contributed by atoms with Gasteiger partial charge in [0.05, 0.1) is 6.42 Å². The van der Waals surface area contributed by atoms with E-state index in [0.29, 0.717) is 18.7 Å². The van der Waals surface area contributed by atoms with Crippen LogP contribution in [0, 0.1) is 5.92 Å². The number of aliphatic carboxylic acids is 1. The molecule has 1 fully saturated rings. The molecule has 1 saturated heterocycles. The van der Waals surface area contributed by atoms with Crippen LogP contribution in [-0.4, -0.2) is 40.2 Å². The van der Waals surface area contributed by atoms with Crippen molar-refractivity contribution in [2.75, 3.05) is 12.3 Å². The van der Waals surface area contributed by atoms with E-state index in [1.54, 1.807) is 11.8 Å². The van der Waals surface area contributed by atoms with Crippen molar-refractivity contribution < 1.29 is 14.7 Å². The Morgan fingerprint density at radius 2 is 2.43 bits per heavy atom. The van der Waals surface area contributed by atoms with Gasteiger partial charge >= 0.3 is 5.97 Å². The monoisotopic (exact) mass is 217 g/mol. The summed E-state index contributed by atoms with van der Waals surface area (Å²) in [6.45, 7) is 2.42. The molecule has 0 aromatic carbocycles. The molecule has 0 saturated carbocycles. The van der Waals surface area contributed by atoms with Crippen LogP contribution in [0.4, 0.5) is 0 Å². The van der Waals surface area contributed by atoms with Gasteiger partial charge < -0.3 is 10.0 Å². The van der Waals surface area contributed by atoms with Crippen molar-refractivity contribution in [3.05, 3.63) is 0 Å². The molecule has 14 heavy (non-hydrogen) atoms. The Labute approximate surface area is 88.7 Å². The predicted molar refractivity (Wildman–Crippen MR) is 55.4 cm³/mol. The summed E-state index contributed by atoms with van der Waals surface area (Å²) in [7, 11) is 0. The molecule has 1 aliphatic heterocycles. The van der Waals surface area contributed by atoms with Gasteiger partial charge in [0.15, 0.2) is 0 Å². The summed E-state index contributed by atoms with van der Waals surface area (Å²) < 4.78 is 0. The molecule has 4 nitrogen and oxygen atoms in total. The van der Waals surface area contributed by atoms with Crippen molar-refractivity contribution >= 4 is 24.5 Å². The molecule has 1 N–H and O–H groups in total. The highest BCUT2D eigenvalue weighted by Gasteiger charge is 2.32. The summed E-state index contributed by atoms with van der Waals surface area (Å²) in [6.07, 6.45) is 0.526. The summed E-state index contributed by atoms with van der Waals surface area (Å²) in [5.41, 5.74) is 0. The number of carbonyl (C=O) groups excluding carboxylic acids is 1. The van der Waals surface area contributed by atoms with E-state index in [4.69, 9.17) is 5.11 Å². The molecule has 1 aliphatic rings. The van der Waals surface area contributed by atoms with Gasteiger partial charge in [0.1, 0.15) is 0 Å². The number of amides is 1. The minimum absolute atomic E-state index is 0.0189. The molecule has 2 unspecified atom stereocenters. The zero-order chi connectivity index (χ0) is 10.7. The third-order valence-corrected chi connectivity index (χ3v) is 3.02. The maximum absolute atomic E-state index is 11.5. The van der Waals surface area contributed by atoms with Crippen LogP contribution in [0.2, 0.25) is 0 Å². The second-order valence-corrected chi connectivity index (χ2v) is 4.11. The van der Waals surface area contributed by atoms with E-state index in [2.05, 4.69) is 12.6 Å². The Morgan fingerprint density at radius 1 is 1.79 bits per heavy atom. The lowest BCUT2D eigenvalue weighted by Crippen LogP contribution is -2.36. The van der Waals surface area contributed by atoms with Gasteiger partial charge in [0.25, 0.3) is 0 Å². The number of likely N-dealkylation sites (tertiary alicyclic amines) is 1. The number of carboxylic acid groups (broad SMARTS) is 1. The maximum atomic E-state index is 11.5. The van der Waals surface area contributed by atoms with Crippen LogP contribution in [-0.2, 0) is 9.59 Å². The van der Waals surface area contributed by atoms with Gasteiger partial charge in [-0.05, 0) is 18.6 Å². The maximum Gasteiger partial charge on any atom is 0.305 e. The van der Waals surface area contributed by atoms with Crippen LogP contribution in [0.15, 0.2) is 0 Å². The number of thiol groups is 1. The normalized spacial score (nSPS) is 24.0. The van der Waals surface area contributed by atoms with E-state index in [1.165, 1.54) is 0 Å². The van der Waals surface area contributed by atoms with Crippen molar-refractivity contribution in [3.8, 4) is 0 Å². The van der Waals surface area contributed by atoms with Gasteiger partial charge in [-0.1, -0.05) is 0 Å². The van der Waals surface area contributed by atoms with E-state index in [1.807, 2.05) is 0 Å². The van der Waals surface area contributed by atoms with Crippen LogP contribution < -0.4 is 0 Å². The second kappa shape index (κ2) is 4.68. The van der Waals surface area contributed by atoms with E-state index in [9.17, 15) is 9.59 Å². The smallest absolute Gasteiger partial charge is 0.305 e. The summed E-state index contributed by atoms with van der Waals surface area (Å²) in [5, 5.41) is 8.60. The van der Waals surface area contributed by atoms with E-state index >= 15 is 0 Å². The van der Waals surface area contributed by atoms with Crippen LogP contribution in [0.25, 0.3) is 0 Å². The molecule has 0 radical (unpaired) electrons. The molecule has 0 aromatic rings. The number of nitrogens with zero attached hydrogens (tertiary/aromatic N) is 1. The molecule has 0 aliphatic carbocycles. The Morgan fingerprint density at radius 3 is 2.86 bits per heavy atom. The molecule has 1 heterocycles. The Hall–Kier alpha value is -0.710. The Balaban J connectivity index is 2.52. The fourth-order valence-corrected chi connectivity index (χ4v) is 1.96. The number of hydrogen-bond acceptors (Lipinski definition) is 3. The van der Waals surface area contributed by atoms with Crippen molar-refractivity contribution in [2.24, 2.45) is 5.92 Å². The first-order valence-electron chi connectivity index (χ1n) is 4.66. The van der Waals surface area contributed by atoms with Gasteiger partial charge in [0, 0.05) is 19.0 Å². The molecule has 5 heteroatoms. The van der Waals surface area contributed by atoms with Crippen molar-refractivity contribution in [1.29, 1.82) is 0 Å². The van der Waals surface area contributed by atoms with Crippen LogP contribution >= 0.6 is 12.6 Å². The number of hydrogen-bond donors (Lipinski definition) is 2. The molecule has 1 amide bonds. The number of carbonyl (C=O) groups is 2. The first kappa shape index (κ1) is 11.4. The zero-order valence-electron chi connectivity index (χ0n) is 8.14. The Bertz CT molecular complexity index is 244.